The SMILES string of the molecule is Cc1ccc(-c2nc(C3CC3)[nH]c(=O)c2C)cc1C. The van der Waals surface area contributed by atoms with Gasteiger partial charge in [0.1, 0.15) is 5.82 Å². The molecule has 0 amide bonds. The standard InChI is InChI=1S/C16H18N2O/c1-9-4-5-13(8-10(9)2)14-11(3)16(19)18-15(17-14)12-6-7-12/h4-5,8,12H,6-7H2,1-3H3,(H,17,18,19). The number of aromatic nitrogens is 2. The number of hydrogen-bond acceptors (Lipinski definition) is 2. The van der Waals surface area contributed by atoms with Crippen molar-refractivity contribution in [3.63, 3.8) is 0 Å². The van der Waals surface area contributed by atoms with E-state index < -0.39 is 0 Å². The van der Waals surface area contributed by atoms with Crippen LogP contribution < -0.4 is 5.56 Å². The third-order valence-electron chi connectivity index (χ3n) is 3.91. The van der Waals surface area contributed by atoms with Gasteiger partial charge in [0.05, 0.1) is 5.69 Å². The first-order valence-electron chi connectivity index (χ1n) is 6.74. The van der Waals surface area contributed by atoms with E-state index in [1.807, 2.05) is 13.0 Å². The van der Waals surface area contributed by atoms with Crippen molar-refractivity contribution in [3.8, 4) is 11.3 Å². The number of H-pyrrole nitrogens is 1. The van der Waals surface area contributed by atoms with Crippen molar-refractivity contribution >= 4 is 0 Å². The van der Waals surface area contributed by atoms with Gasteiger partial charge in [0.2, 0.25) is 0 Å². The van der Waals surface area contributed by atoms with Crippen LogP contribution in [0.4, 0.5) is 0 Å². The third kappa shape index (κ3) is 2.21. The highest BCUT2D eigenvalue weighted by Gasteiger charge is 2.27. The lowest BCUT2D eigenvalue weighted by molar-refractivity contribution is 0.900. The number of nitrogens with zero attached hydrogens (tertiary/aromatic N) is 1. The fourth-order valence-electron chi connectivity index (χ4n) is 2.27. The topological polar surface area (TPSA) is 45.8 Å². The Morgan fingerprint density at radius 2 is 1.89 bits per heavy atom. The molecule has 0 spiro atoms. The first-order valence-corrected chi connectivity index (χ1v) is 6.74. The molecular weight excluding hydrogens is 236 g/mol. The lowest BCUT2D eigenvalue weighted by atomic mass is 10.0. The molecule has 1 N–H and O–H groups in total. The Kier molecular flexibility index (Phi) is 2.77. The maximum absolute atomic E-state index is 12.0. The molecule has 1 fully saturated rings. The molecule has 3 rings (SSSR count). The van der Waals surface area contributed by atoms with E-state index in [9.17, 15) is 4.79 Å². The summed E-state index contributed by atoms with van der Waals surface area (Å²) in [6.45, 7) is 6.02. The van der Waals surface area contributed by atoms with E-state index in [2.05, 4.69) is 35.9 Å². The van der Waals surface area contributed by atoms with Crippen molar-refractivity contribution in [2.24, 2.45) is 0 Å². The molecule has 1 aromatic carbocycles. The normalized spacial score (nSPS) is 14.7. The Bertz CT molecular complexity index is 696. The Balaban J connectivity index is 2.17. The Morgan fingerprint density at radius 1 is 1.16 bits per heavy atom. The maximum Gasteiger partial charge on any atom is 0.254 e. The van der Waals surface area contributed by atoms with Gasteiger partial charge in [-0.3, -0.25) is 4.79 Å². The summed E-state index contributed by atoms with van der Waals surface area (Å²) in [6.07, 6.45) is 2.27. The minimum atomic E-state index is -0.00914. The highest BCUT2D eigenvalue weighted by Crippen LogP contribution is 2.38. The lowest BCUT2D eigenvalue weighted by Gasteiger charge is -2.09. The summed E-state index contributed by atoms with van der Waals surface area (Å²) in [5.41, 5.74) is 5.04. The second-order valence-electron chi connectivity index (χ2n) is 5.50. The van der Waals surface area contributed by atoms with Crippen LogP contribution in [0.25, 0.3) is 11.3 Å². The highest BCUT2D eigenvalue weighted by atomic mass is 16.1. The fraction of sp³-hybridized carbons (Fsp3) is 0.375. The Morgan fingerprint density at radius 3 is 2.53 bits per heavy atom. The third-order valence-corrected chi connectivity index (χ3v) is 3.91. The molecule has 1 aliphatic rings. The van der Waals surface area contributed by atoms with Crippen molar-refractivity contribution in [3.05, 3.63) is 51.1 Å². The molecule has 1 aliphatic carbocycles. The molecule has 2 aromatic rings. The van der Waals surface area contributed by atoms with Crippen LogP contribution in [0.15, 0.2) is 23.0 Å². The molecule has 0 radical (unpaired) electrons. The first kappa shape index (κ1) is 12.2. The summed E-state index contributed by atoms with van der Waals surface area (Å²) in [7, 11) is 0. The largest absolute Gasteiger partial charge is 0.310 e. The molecule has 3 heteroatoms. The van der Waals surface area contributed by atoms with Gasteiger partial charge in [-0.2, -0.15) is 0 Å². The molecule has 0 aliphatic heterocycles. The number of rotatable bonds is 2. The van der Waals surface area contributed by atoms with Gasteiger partial charge in [0.25, 0.3) is 5.56 Å². The van der Waals surface area contributed by atoms with Gasteiger partial charge in [-0.25, -0.2) is 4.98 Å². The minimum Gasteiger partial charge on any atom is -0.310 e. The molecule has 0 unspecified atom stereocenters. The predicted molar refractivity (Wildman–Crippen MR) is 76.5 cm³/mol. The van der Waals surface area contributed by atoms with Crippen molar-refractivity contribution in [1.82, 2.24) is 9.97 Å². The highest BCUT2D eigenvalue weighted by molar-refractivity contribution is 5.64. The minimum absolute atomic E-state index is 0.00914. The van der Waals surface area contributed by atoms with Gasteiger partial charge in [0, 0.05) is 17.0 Å². The van der Waals surface area contributed by atoms with Crippen LogP contribution in [0.2, 0.25) is 0 Å². The smallest absolute Gasteiger partial charge is 0.254 e. The van der Waals surface area contributed by atoms with Gasteiger partial charge >= 0.3 is 0 Å². The molecule has 0 bridgehead atoms. The monoisotopic (exact) mass is 254 g/mol. The summed E-state index contributed by atoms with van der Waals surface area (Å²) >= 11 is 0. The molecule has 19 heavy (non-hydrogen) atoms. The molecular formula is C16H18N2O. The second-order valence-corrected chi connectivity index (χ2v) is 5.50. The quantitative estimate of drug-likeness (QED) is 0.894. The van der Waals surface area contributed by atoms with Crippen LogP contribution in [-0.4, -0.2) is 9.97 Å². The summed E-state index contributed by atoms with van der Waals surface area (Å²) in [4.78, 5) is 19.6. The number of aryl methyl sites for hydroxylation is 2. The van der Waals surface area contributed by atoms with Gasteiger partial charge in [0.15, 0.2) is 0 Å². The van der Waals surface area contributed by atoms with Gasteiger partial charge in [-0.1, -0.05) is 12.1 Å². The number of nitrogens with one attached hydrogen (secondary N) is 1. The zero-order chi connectivity index (χ0) is 13.6. The van der Waals surface area contributed by atoms with E-state index in [0.717, 1.165) is 29.9 Å². The van der Waals surface area contributed by atoms with Gasteiger partial charge in [-0.15, -0.1) is 0 Å². The molecule has 98 valence electrons. The summed E-state index contributed by atoms with van der Waals surface area (Å²) in [5, 5.41) is 0. The van der Waals surface area contributed by atoms with Crippen LogP contribution in [0.3, 0.4) is 0 Å². The first-order chi connectivity index (χ1) is 9.06. The maximum atomic E-state index is 12.0. The number of aromatic amines is 1. The average Bonchev–Trinajstić information content (AvgIpc) is 3.20. The van der Waals surface area contributed by atoms with Crippen LogP contribution in [0.1, 0.15) is 41.3 Å². The van der Waals surface area contributed by atoms with Crippen molar-refractivity contribution in [2.75, 3.05) is 0 Å². The van der Waals surface area contributed by atoms with Gasteiger partial charge < -0.3 is 4.98 Å². The van der Waals surface area contributed by atoms with Crippen molar-refractivity contribution in [2.45, 2.75) is 39.5 Å². The molecule has 1 heterocycles. The van der Waals surface area contributed by atoms with E-state index in [0.29, 0.717) is 11.5 Å². The van der Waals surface area contributed by atoms with Crippen molar-refractivity contribution < 1.29 is 0 Å². The molecule has 1 aromatic heterocycles. The Labute approximate surface area is 112 Å². The fourth-order valence-corrected chi connectivity index (χ4v) is 2.27. The van der Waals surface area contributed by atoms with E-state index in [-0.39, 0.29) is 5.56 Å². The van der Waals surface area contributed by atoms with E-state index in [1.165, 1.54) is 11.1 Å². The van der Waals surface area contributed by atoms with Crippen LogP contribution in [0, 0.1) is 20.8 Å². The summed E-state index contributed by atoms with van der Waals surface area (Å²) in [5.74, 6) is 1.31. The summed E-state index contributed by atoms with van der Waals surface area (Å²) < 4.78 is 0. The van der Waals surface area contributed by atoms with Crippen LogP contribution in [0.5, 0.6) is 0 Å². The van der Waals surface area contributed by atoms with Crippen molar-refractivity contribution in [1.29, 1.82) is 0 Å². The molecule has 0 atom stereocenters. The van der Waals surface area contributed by atoms with E-state index in [4.69, 9.17) is 0 Å². The van der Waals surface area contributed by atoms with E-state index >= 15 is 0 Å². The van der Waals surface area contributed by atoms with Gasteiger partial charge in [-0.05, 0) is 50.8 Å². The second kappa shape index (κ2) is 4.34. The lowest BCUT2D eigenvalue weighted by Crippen LogP contribution is -2.15. The van der Waals surface area contributed by atoms with Crippen LogP contribution >= 0.6 is 0 Å². The Hall–Kier alpha value is -1.90. The molecule has 3 nitrogen and oxygen atoms in total. The molecule has 1 saturated carbocycles. The van der Waals surface area contributed by atoms with Crippen LogP contribution in [-0.2, 0) is 0 Å². The van der Waals surface area contributed by atoms with E-state index in [1.54, 1.807) is 0 Å². The number of benzene rings is 1. The predicted octanol–water partition coefficient (Wildman–Crippen LogP) is 3.24. The zero-order valence-electron chi connectivity index (χ0n) is 11.6. The average molecular weight is 254 g/mol. The zero-order valence-corrected chi connectivity index (χ0v) is 11.6. The molecule has 0 saturated heterocycles. The summed E-state index contributed by atoms with van der Waals surface area (Å²) in [6, 6.07) is 6.25. The number of hydrogen-bond donors (Lipinski definition) is 1.